The average Bonchev–Trinajstić information content (AvgIpc) is 2.85. The first-order chi connectivity index (χ1) is 16.0. The van der Waals surface area contributed by atoms with Crippen LogP contribution in [0, 0.1) is 18.3 Å². The van der Waals surface area contributed by atoms with Crippen LogP contribution in [0.4, 0.5) is 5.69 Å². The highest BCUT2D eigenvalue weighted by atomic mass is 35.5. The quantitative estimate of drug-likeness (QED) is 0.380. The molecule has 1 aromatic heterocycles. The molecule has 3 aromatic carbocycles. The van der Waals surface area contributed by atoms with Gasteiger partial charge in [-0.15, -0.1) is 0 Å². The zero-order valence-corrected chi connectivity index (χ0v) is 18.6. The molecule has 0 fully saturated rings. The average molecular weight is 454 g/mol. The topological polar surface area (TPSA) is 86.0 Å². The molecule has 0 saturated carbocycles. The van der Waals surface area contributed by atoms with Gasteiger partial charge in [0, 0.05) is 11.8 Å². The molecule has 0 spiro atoms. The second kappa shape index (κ2) is 9.56. The molecule has 0 radical (unpaired) electrons. The van der Waals surface area contributed by atoms with Crippen molar-refractivity contribution in [1.82, 2.24) is 4.98 Å². The van der Waals surface area contributed by atoms with Crippen LogP contribution in [0.25, 0.3) is 11.3 Å². The summed E-state index contributed by atoms with van der Waals surface area (Å²) in [6.45, 7) is 1.80. The number of aromatic hydroxyl groups is 1. The van der Waals surface area contributed by atoms with Gasteiger partial charge in [0.2, 0.25) is 0 Å². The van der Waals surface area contributed by atoms with Gasteiger partial charge in [0.1, 0.15) is 11.8 Å². The molecule has 4 rings (SSSR count). The summed E-state index contributed by atoms with van der Waals surface area (Å²) in [6.07, 6.45) is 2.29. The maximum Gasteiger partial charge on any atom is 0.259 e. The van der Waals surface area contributed by atoms with Crippen molar-refractivity contribution in [1.29, 1.82) is 5.26 Å². The fourth-order valence-electron chi connectivity index (χ4n) is 3.55. The van der Waals surface area contributed by atoms with Crippen LogP contribution in [0.1, 0.15) is 32.6 Å². The first-order valence-electron chi connectivity index (χ1n) is 10.3. The zero-order valence-electron chi connectivity index (χ0n) is 17.8. The first kappa shape index (κ1) is 22.1. The number of halogens is 1. The van der Waals surface area contributed by atoms with Crippen LogP contribution < -0.4 is 5.32 Å². The minimum Gasteiger partial charge on any atom is -0.506 e. The van der Waals surface area contributed by atoms with E-state index in [9.17, 15) is 15.2 Å². The molecule has 0 aliphatic carbocycles. The molecule has 1 heterocycles. The summed E-state index contributed by atoms with van der Waals surface area (Å²) in [5.41, 5.74) is 5.07. The minimum absolute atomic E-state index is 0.0437. The number of carbonyl (C=O) groups excluding carboxylic acids is 1. The van der Waals surface area contributed by atoms with E-state index in [1.54, 1.807) is 43.5 Å². The molecule has 0 aliphatic rings. The zero-order chi connectivity index (χ0) is 23.4. The lowest BCUT2D eigenvalue weighted by Gasteiger charge is -2.14. The normalized spacial score (nSPS) is 10.5. The third kappa shape index (κ3) is 4.72. The van der Waals surface area contributed by atoms with E-state index in [4.69, 9.17) is 11.6 Å². The standard InChI is InChI=1S/C27H20ClN3O2/c1-17-21(13-18-11-12-23(30-16-18)19-7-3-2-4-8-19)14-22(26(32)25(17)28)27(33)31-24-10-6-5-9-20(24)15-29/h2-12,14,16,32H,13H2,1H3,(H,31,33). The highest BCUT2D eigenvalue weighted by Crippen LogP contribution is 2.35. The lowest BCUT2D eigenvalue weighted by molar-refractivity contribution is 0.102. The Hall–Kier alpha value is -4.14. The number of benzene rings is 3. The number of phenolic OH excluding ortho intramolecular Hbond substituents is 1. The Balaban J connectivity index is 1.62. The highest BCUT2D eigenvalue weighted by Gasteiger charge is 2.20. The second-order valence-electron chi connectivity index (χ2n) is 7.58. The molecule has 0 aliphatic heterocycles. The van der Waals surface area contributed by atoms with Gasteiger partial charge in [0.25, 0.3) is 5.91 Å². The van der Waals surface area contributed by atoms with E-state index in [1.807, 2.05) is 48.5 Å². The van der Waals surface area contributed by atoms with Crippen LogP contribution in [-0.2, 0) is 6.42 Å². The van der Waals surface area contributed by atoms with Gasteiger partial charge in [-0.3, -0.25) is 9.78 Å². The lowest BCUT2D eigenvalue weighted by atomic mass is 9.97. The lowest BCUT2D eigenvalue weighted by Crippen LogP contribution is -2.14. The van der Waals surface area contributed by atoms with Gasteiger partial charge in [-0.25, -0.2) is 0 Å². The van der Waals surface area contributed by atoms with E-state index in [2.05, 4.69) is 10.3 Å². The number of amides is 1. The van der Waals surface area contributed by atoms with E-state index >= 15 is 0 Å². The number of pyridine rings is 1. The van der Waals surface area contributed by atoms with Crippen molar-refractivity contribution in [3.63, 3.8) is 0 Å². The second-order valence-corrected chi connectivity index (χ2v) is 7.95. The number of nitriles is 1. The molecule has 0 atom stereocenters. The van der Waals surface area contributed by atoms with Gasteiger partial charge >= 0.3 is 0 Å². The predicted molar refractivity (Wildman–Crippen MR) is 129 cm³/mol. The highest BCUT2D eigenvalue weighted by molar-refractivity contribution is 6.33. The molecule has 0 bridgehead atoms. The van der Waals surface area contributed by atoms with Crippen LogP contribution in [-0.4, -0.2) is 16.0 Å². The van der Waals surface area contributed by atoms with Gasteiger partial charge in [-0.05, 0) is 54.3 Å². The number of nitrogens with one attached hydrogen (secondary N) is 1. The third-order valence-corrected chi connectivity index (χ3v) is 5.88. The van der Waals surface area contributed by atoms with Crippen LogP contribution in [0.5, 0.6) is 5.75 Å². The smallest absolute Gasteiger partial charge is 0.259 e. The largest absolute Gasteiger partial charge is 0.506 e. The molecule has 6 heteroatoms. The summed E-state index contributed by atoms with van der Waals surface area (Å²) in [4.78, 5) is 17.5. The molecule has 5 nitrogen and oxygen atoms in total. The molecule has 33 heavy (non-hydrogen) atoms. The van der Waals surface area contributed by atoms with Crippen LogP contribution in [0.15, 0.2) is 79.0 Å². The number of rotatable bonds is 5. The fourth-order valence-corrected chi connectivity index (χ4v) is 3.78. The molecule has 0 saturated heterocycles. The van der Waals surface area contributed by atoms with Gasteiger partial charge < -0.3 is 10.4 Å². The van der Waals surface area contributed by atoms with E-state index in [0.717, 1.165) is 22.4 Å². The minimum atomic E-state index is -0.545. The maximum absolute atomic E-state index is 12.9. The Kier molecular flexibility index (Phi) is 6.39. The number of hydrogen-bond acceptors (Lipinski definition) is 4. The van der Waals surface area contributed by atoms with Gasteiger partial charge in [-0.1, -0.05) is 60.1 Å². The number of carbonyl (C=O) groups is 1. The van der Waals surface area contributed by atoms with E-state index in [0.29, 0.717) is 23.2 Å². The maximum atomic E-state index is 12.9. The predicted octanol–water partition coefficient (Wildman–Crippen LogP) is 6.13. The van der Waals surface area contributed by atoms with Gasteiger partial charge in [0.05, 0.1) is 27.5 Å². The summed E-state index contributed by atoms with van der Waals surface area (Å²) in [7, 11) is 0. The third-order valence-electron chi connectivity index (χ3n) is 5.42. The first-order valence-corrected chi connectivity index (χ1v) is 10.7. The molecular weight excluding hydrogens is 434 g/mol. The van der Waals surface area contributed by atoms with Gasteiger partial charge in [-0.2, -0.15) is 5.26 Å². The van der Waals surface area contributed by atoms with Crippen molar-refractivity contribution in [2.24, 2.45) is 0 Å². The number of anilines is 1. The Bertz CT molecular complexity index is 1360. The summed E-state index contributed by atoms with van der Waals surface area (Å²) in [5, 5.41) is 22.6. The number of para-hydroxylation sites is 1. The number of aromatic nitrogens is 1. The Labute approximate surface area is 196 Å². The summed E-state index contributed by atoms with van der Waals surface area (Å²) in [5.74, 6) is -0.835. The monoisotopic (exact) mass is 453 g/mol. The SMILES string of the molecule is Cc1c(Cc2ccc(-c3ccccc3)nc2)cc(C(=O)Nc2ccccc2C#N)c(O)c1Cl. The van der Waals surface area contributed by atoms with Crippen LogP contribution in [0.3, 0.4) is 0 Å². The Morgan fingerprint density at radius 3 is 2.52 bits per heavy atom. The van der Waals surface area contributed by atoms with Crippen molar-refractivity contribution in [3.05, 3.63) is 112 Å². The molecule has 4 aromatic rings. The molecule has 162 valence electrons. The Morgan fingerprint density at radius 1 is 1.09 bits per heavy atom. The van der Waals surface area contributed by atoms with Crippen molar-refractivity contribution in [2.75, 3.05) is 5.32 Å². The Morgan fingerprint density at radius 2 is 1.82 bits per heavy atom. The molecule has 0 unspecified atom stereocenters. The molecule has 2 N–H and O–H groups in total. The van der Waals surface area contributed by atoms with E-state index < -0.39 is 5.91 Å². The van der Waals surface area contributed by atoms with Crippen molar-refractivity contribution in [3.8, 4) is 23.1 Å². The summed E-state index contributed by atoms with van der Waals surface area (Å²) in [6, 6.07) is 24.2. The van der Waals surface area contributed by atoms with Crippen LogP contribution in [0.2, 0.25) is 5.02 Å². The fraction of sp³-hybridized carbons (Fsp3) is 0.0741. The molecule has 1 amide bonds. The summed E-state index contributed by atoms with van der Waals surface area (Å²) < 4.78 is 0. The van der Waals surface area contributed by atoms with Crippen LogP contribution >= 0.6 is 11.6 Å². The molecular formula is C27H20ClN3O2. The summed E-state index contributed by atoms with van der Waals surface area (Å²) >= 11 is 6.37. The van der Waals surface area contributed by atoms with Crippen molar-refractivity contribution < 1.29 is 9.90 Å². The van der Waals surface area contributed by atoms with Gasteiger partial charge in [0.15, 0.2) is 0 Å². The van der Waals surface area contributed by atoms with Crippen molar-refractivity contribution >= 4 is 23.2 Å². The van der Waals surface area contributed by atoms with E-state index in [-0.39, 0.29) is 16.3 Å². The number of nitrogens with zero attached hydrogens (tertiary/aromatic N) is 2. The number of phenols is 1. The van der Waals surface area contributed by atoms with E-state index in [1.165, 1.54) is 0 Å². The number of hydrogen-bond donors (Lipinski definition) is 2. The van der Waals surface area contributed by atoms with Crippen molar-refractivity contribution in [2.45, 2.75) is 13.3 Å².